The first-order valence-electron chi connectivity index (χ1n) is 12.0. The van der Waals surface area contributed by atoms with Gasteiger partial charge >= 0.3 is 0 Å². The molecule has 0 saturated heterocycles. The summed E-state index contributed by atoms with van der Waals surface area (Å²) in [5.41, 5.74) is 1.74. The second-order valence-electron chi connectivity index (χ2n) is 8.95. The number of hydrogen-bond acceptors (Lipinski definition) is 7. The summed E-state index contributed by atoms with van der Waals surface area (Å²) in [5, 5.41) is 9.64. The number of nitrogens with one attached hydrogen (secondary N) is 3. The molecule has 1 fully saturated rings. The molecule has 1 aliphatic carbocycles. The zero-order valence-corrected chi connectivity index (χ0v) is 21.6. The molecular formula is C28H26ClN5O4. The quantitative estimate of drug-likeness (QED) is 0.255. The molecule has 1 saturated carbocycles. The van der Waals surface area contributed by atoms with Gasteiger partial charge in [0.25, 0.3) is 0 Å². The van der Waals surface area contributed by atoms with E-state index in [9.17, 15) is 9.59 Å². The number of anilines is 2. The van der Waals surface area contributed by atoms with Gasteiger partial charge in [0.2, 0.25) is 17.7 Å². The first-order chi connectivity index (χ1) is 18.4. The van der Waals surface area contributed by atoms with Gasteiger partial charge in [-0.1, -0.05) is 41.9 Å². The summed E-state index contributed by atoms with van der Waals surface area (Å²) in [7, 11) is 3.39. The minimum atomic E-state index is -1.09. The fourth-order valence-corrected chi connectivity index (χ4v) is 4.36. The Hall–Kier alpha value is -4.37. The molecule has 1 aliphatic rings. The molecule has 0 unspecified atom stereocenters. The minimum absolute atomic E-state index is 0.163. The largest absolute Gasteiger partial charge is 0.495 e. The van der Waals surface area contributed by atoms with Crippen LogP contribution in [0.2, 0.25) is 5.02 Å². The van der Waals surface area contributed by atoms with Crippen molar-refractivity contribution in [2.75, 3.05) is 24.8 Å². The summed E-state index contributed by atoms with van der Waals surface area (Å²) >= 11 is 6.46. The number of methoxy groups -OCH3 is 1. The number of fused-ring (bicyclic) bond motifs is 1. The van der Waals surface area contributed by atoms with Gasteiger partial charge in [0, 0.05) is 25.2 Å². The van der Waals surface area contributed by atoms with Crippen LogP contribution in [-0.2, 0) is 16.1 Å². The van der Waals surface area contributed by atoms with Crippen LogP contribution >= 0.6 is 11.6 Å². The maximum atomic E-state index is 13.0. The van der Waals surface area contributed by atoms with Gasteiger partial charge < -0.3 is 25.4 Å². The lowest BCUT2D eigenvalue weighted by Gasteiger charge is -2.16. The molecular weight excluding hydrogens is 506 g/mol. The Balaban J connectivity index is 1.28. The highest BCUT2D eigenvalue weighted by atomic mass is 35.5. The molecule has 2 amide bonds. The highest BCUT2D eigenvalue weighted by molar-refractivity contribution is 6.32. The topological polar surface area (TPSA) is 114 Å². The van der Waals surface area contributed by atoms with Gasteiger partial charge in [-0.15, -0.1) is 0 Å². The zero-order valence-electron chi connectivity index (χ0n) is 20.9. The summed E-state index contributed by atoms with van der Waals surface area (Å²) in [4.78, 5) is 34.5. The molecule has 2 aromatic heterocycles. The Morgan fingerprint density at radius 3 is 2.50 bits per heavy atom. The summed E-state index contributed by atoms with van der Waals surface area (Å²) < 4.78 is 11.5. The van der Waals surface area contributed by atoms with Crippen molar-refractivity contribution >= 4 is 45.7 Å². The molecule has 3 N–H and O–H groups in total. The van der Waals surface area contributed by atoms with Crippen molar-refractivity contribution in [1.82, 2.24) is 15.3 Å². The second kappa shape index (κ2) is 10.5. The normalized spacial score (nSPS) is 13.4. The minimum Gasteiger partial charge on any atom is -0.495 e. The van der Waals surface area contributed by atoms with Crippen LogP contribution in [0, 0.1) is 5.41 Å². The third kappa shape index (κ3) is 5.05. The molecule has 10 heteroatoms. The van der Waals surface area contributed by atoms with Gasteiger partial charge in [-0.3, -0.25) is 14.6 Å². The van der Waals surface area contributed by atoms with E-state index in [4.69, 9.17) is 21.1 Å². The molecule has 0 atom stereocenters. The molecule has 0 bridgehead atoms. The summed E-state index contributed by atoms with van der Waals surface area (Å²) in [5.74, 6) is 0.614. The average Bonchev–Trinajstić information content (AvgIpc) is 3.75. The molecule has 0 aliphatic heterocycles. The highest BCUT2D eigenvalue weighted by Crippen LogP contribution is 2.47. The molecule has 38 heavy (non-hydrogen) atoms. The fourth-order valence-electron chi connectivity index (χ4n) is 4.15. The van der Waals surface area contributed by atoms with Gasteiger partial charge in [-0.25, -0.2) is 4.98 Å². The molecule has 0 spiro atoms. The molecule has 4 aromatic rings. The Morgan fingerprint density at radius 1 is 1.03 bits per heavy atom. The SMILES string of the molecule is CNc1cc2nccc(Oc3ncc(NC(=O)C4(C(=O)NCc5ccccc5)CC4)cc3Cl)c2cc1OC. The van der Waals surface area contributed by atoms with Crippen molar-refractivity contribution in [2.45, 2.75) is 19.4 Å². The Bertz CT molecular complexity index is 1510. The number of carbonyl (C=O) groups is 2. The predicted octanol–water partition coefficient (Wildman–Crippen LogP) is 5.16. The molecule has 5 rings (SSSR count). The smallest absolute Gasteiger partial charge is 0.240 e. The maximum absolute atomic E-state index is 13.0. The number of amides is 2. The maximum Gasteiger partial charge on any atom is 0.240 e. The lowest BCUT2D eigenvalue weighted by atomic mass is 10.0. The fraction of sp³-hybridized carbons (Fsp3) is 0.214. The van der Waals surface area contributed by atoms with Crippen molar-refractivity contribution in [1.29, 1.82) is 0 Å². The van der Waals surface area contributed by atoms with Crippen molar-refractivity contribution in [3.63, 3.8) is 0 Å². The molecule has 194 valence electrons. The lowest BCUT2D eigenvalue weighted by Crippen LogP contribution is -2.39. The first-order valence-corrected chi connectivity index (χ1v) is 12.4. The van der Waals surface area contributed by atoms with Gasteiger partial charge in [0.1, 0.15) is 21.9 Å². The van der Waals surface area contributed by atoms with Crippen LogP contribution in [0.1, 0.15) is 18.4 Å². The number of pyridine rings is 2. The van der Waals surface area contributed by atoms with E-state index in [1.54, 1.807) is 32.5 Å². The summed E-state index contributed by atoms with van der Waals surface area (Å²) in [6.45, 7) is 0.361. The zero-order chi connectivity index (χ0) is 26.7. The van der Waals surface area contributed by atoms with Crippen LogP contribution < -0.4 is 25.4 Å². The average molecular weight is 532 g/mol. The van der Waals surface area contributed by atoms with Crippen molar-refractivity contribution in [2.24, 2.45) is 5.41 Å². The standard InChI is InChI=1S/C28H26ClN5O4/c1-30-22-14-21-19(13-24(22)37-2)23(8-11-31-21)38-25-20(29)12-18(16-32-25)34-27(36)28(9-10-28)26(35)33-15-17-6-4-3-5-7-17/h3-8,11-14,16,30H,9-10,15H2,1-2H3,(H,33,35)(H,34,36). The third-order valence-corrected chi connectivity index (χ3v) is 6.75. The Labute approximate surface area is 224 Å². The number of benzene rings is 2. The van der Waals surface area contributed by atoms with Gasteiger partial charge in [0.15, 0.2) is 0 Å². The van der Waals surface area contributed by atoms with E-state index in [1.807, 2.05) is 42.5 Å². The van der Waals surface area contributed by atoms with Crippen LogP contribution in [0.5, 0.6) is 17.4 Å². The highest BCUT2D eigenvalue weighted by Gasteiger charge is 2.56. The number of nitrogens with zero attached hydrogens (tertiary/aromatic N) is 2. The molecule has 2 heterocycles. The number of rotatable bonds is 9. The second-order valence-corrected chi connectivity index (χ2v) is 9.35. The summed E-state index contributed by atoms with van der Waals surface area (Å²) in [6, 6.07) is 16.5. The number of halogens is 1. The van der Waals surface area contributed by atoms with E-state index in [0.717, 1.165) is 16.6 Å². The van der Waals surface area contributed by atoms with E-state index in [-0.39, 0.29) is 22.7 Å². The van der Waals surface area contributed by atoms with Gasteiger partial charge in [0.05, 0.1) is 30.2 Å². The van der Waals surface area contributed by atoms with E-state index >= 15 is 0 Å². The lowest BCUT2D eigenvalue weighted by molar-refractivity contribution is -0.134. The van der Waals surface area contributed by atoms with E-state index < -0.39 is 5.41 Å². The van der Waals surface area contributed by atoms with Crippen LogP contribution in [0.25, 0.3) is 10.9 Å². The third-order valence-electron chi connectivity index (χ3n) is 6.48. The van der Waals surface area contributed by atoms with Crippen molar-refractivity contribution < 1.29 is 19.1 Å². The monoisotopic (exact) mass is 531 g/mol. The number of carbonyl (C=O) groups excluding carboxylic acids is 2. The Morgan fingerprint density at radius 2 is 1.82 bits per heavy atom. The van der Waals surface area contributed by atoms with Crippen molar-refractivity contribution in [3.8, 4) is 17.4 Å². The predicted molar refractivity (Wildman–Crippen MR) is 146 cm³/mol. The summed E-state index contributed by atoms with van der Waals surface area (Å²) in [6.07, 6.45) is 4.04. The molecule has 2 aromatic carbocycles. The van der Waals surface area contributed by atoms with E-state index in [1.165, 1.54) is 6.20 Å². The van der Waals surface area contributed by atoms with Crippen LogP contribution in [0.4, 0.5) is 11.4 Å². The number of aromatic nitrogens is 2. The van der Waals surface area contributed by atoms with E-state index in [2.05, 4.69) is 25.9 Å². The first kappa shape index (κ1) is 25.3. The van der Waals surface area contributed by atoms with E-state index in [0.29, 0.717) is 42.1 Å². The Kier molecular flexibility index (Phi) is 7.02. The van der Waals surface area contributed by atoms with Crippen LogP contribution in [0.15, 0.2) is 67.0 Å². The van der Waals surface area contributed by atoms with Crippen LogP contribution in [0.3, 0.4) is 0 Å². The van der Waals surface area contributed by atoms with Gasteiger partial charge in [-0.2, -0.15) is 0 Å². The van der Waals surface area contributed by atoms with Crippen LogP contribution in [-0.4, -0.2) is 35.9 Å². The van der Waals surface area contributed by atoms with Crippen molar-refractivity contribution in [3.05, 3.63) is 77.6 Å². The van der Waals surface area contributed by atoms with Gasteiger partial charge in [-0.05, 0) is 42.7 Å². The number of ether oxygens (including phenoxy) is 2. The number of hydrogen-bond donors (Lipinski definition) is 3. The molecule has 9 nitrogen and oxygen atoms in total. The molecule has 0 radical (unpaired) electrons.